The Morgan fingerprint density at radius 1 is 1.33 bits per heavy atom. The van der Waals surface area contributed by atoms with Crippen molar-refractivity contribution in [1.82, 2.24) is 9.47 Å². The summed E-state index contributed by atoms with van der Waals surface area (Å²) in [5, 5.41) is 0. The topological polar surface area (TPSA) is 51.5 Å². The van der Waals surface area contributed by atoms with E-state index in [9.17, 15) is 9.59 Å². The van der Waals surface area contributed by atoms with Gasteiger partial charge in [0.05, 0.1) is 0 Å². The first kappa shape index (κ1) is 15.6. The van der Waals surface area contributed by atoms with Crippen molar-refractivity contribution in [2.75, 3.05) is 13.1 Å². The second-order valence-corrected chi connectivity index (χ2v) is 5.68. The Hall–Kier alpha value is -1.78. The fourth-order valence-corrected chi connectivity index (χ4v) is 2.59. The number of nitrogens with zero attached hydrogens (tertiary/aromatic N) is 2. The van der Waals surface area contributed by atoms with Crippen LogP contribution >= 0.6 is 0 Å². The second kappa shape index (κ2) is 6.78. The van der Waals surface area contributed by atoms with Gasteiger partial charge in [0.2, 0.25) is 5.91 Å². The molecule has 0 bridgehead atoms. The Balaban J connectivity index is 1.92. The van der Waals surface area contributed by atoms with Crippen LogP contribution in [0.25, 0.3) is 0 Å². The Bertz CT molecular complexity index is 557. The Labute approximate surface area is 125 Å². The SMILES string of the molecule is CCCC(=O)N1CCC(Oc2cc(C)n(C)c(=O)c2)CC1. The molecule has 21 heavy (non-hydrogen) atoms. The molecule has 2 rings (SSSR count). The molecule has 0 spiro atoms. The number of piperidine rings is 1. The Morgan fingerprint density at radius 2 is 2.00 bits per heavy atom. The van der Waals surface area contributed by atoms with Crippen LogP contribution in [0.1, 0.15) is 38.3 Å². The molecule has 116 valence electrons. The number of aryl methyl sites for hydroxylation is 1. The number of amides is 1. The maximum atomic E-state index is 11.8. The Kier molecular flexibility index (Phi) is 5.04. The summed E-state index contributed by atoms with van der Waals surface area (Å²) < 4.78 is 7.50. The second-order valence-electron chi connectivity index (χ2n) is 5.68. The fourth-order valence-electron chi connectivity index (χ4n) is 2.59. The van der Waals surface area contributed by atoms with Crippen LogP contribution in [0.2, 0.25) is 0 Å². The molecule has 0 aromatic carbocycles. The average molecular weight is 292 g/mol. The van der Waals surface area contributed by atoms with E-state index in [1.807, 2.05) is 24.8 Å². The highest BCUT2D eigenvalue weighted by Gasteiger charge is 2.23. The van der Waals surface area contributed by atoms with E-state index in [4.69, 9.17) is 4.74 Å². The molecule has 0 atom stereocenters. The lowest BCUT2D eigenvalue weighted by molar-refractivity contribution is -0.133. The van der Waals surface area contributed by atoms with Crippen molar-refractivity contribution in [3.63, 3.8) is 0 Å². The minimum atomic E-state index is -0.0550. The van der Waals surface area contributed by atoms with Crippen LogP contribution in [0.4, 0.5) is 0 Å². The van der Waals surface area contributed by atoms with Gasteiger partial charge in [-0.05, 0) is 19.4 Å². The number of pyridine rings is 1. The molecule has 0 saturated carbocycles. The highest BCUT2D eigenvalue weighted by atomic mass is 16.5. The van der Waals surface area contributed by atoms with Crippen LogP contribution in [-0.2, 0) is 11.8 Å². The van der Waals surface area contributed by atoms with Gasteiger partial charge in [-0.2, -0.15) is 0 Å². The molecule has 1 saturated heterocycles. The first-order chi connectivity index (χ1) is 10.0. The van der Waals surface area contributed by atoms with Gasteiger partial charge in [-0.25, -0.2) is 0 Å². The van der Waals surface area contributed by atoms with Crippen LogP contribution in [0.3, 0.4) is 0 Å². The molecule has 0 radical (unpaired) electrons. The summed E-state index contributed by atoms with van der Waals surface area (Å²) in [5.74, 6) is 0.870. The molecule has 5 nitrogen and oxygen atoms in total. The smallest absolute Gasteiger partial charge is 0.254 e. The van der Waals surface area contributed by atoms with Gasteiger partial charge in [0, 0.05) is 51.2 Å². The minimum absolute atomic E-state index is 0.0550. The molecular weight excluding hydrogens is 268 g/mol. The van der Waals surface area contributed by atoms with Crippen molar-refractivity contribution in [3.8, 4) is 5.75 Å². The van der Waals surface area contributed by atoms with Gasteiger partial charge in [0.1, 0.15) is 11.9 Å². The van der Waals surface area contributed by atoms with E-state index in [2.05, 4.69) is 0 Å². The molecule has 1 aliphatic heterocycles. The van der Waals surface area contributed by atoms with E-state index in [0.717, 1.165) is 38.0 Å². The standard InChI is InChI=1S/C16H24N2O3/c1-4-5-15(19)18-8-6-13(7-9-18)21-14-10-12(2)17(3)16(20)11-14/h10-11,13H,4-9H2,1-3H3. The molecule has 2 heterocycles. The van der Waals surface area contributed by atoms with Crippen LogP contribution in [-0.4, -0.2) is 34.6 Å². The van der Waals surface area contributed by atoms with E-state index >= 15 is 0 Å². The zero-order valence-electron chi connectivity index (χ0n) is 13.1. The minimum Gasteiger partial charge on any atom is -0.490 e. The van der Waals surface area contributed by atoms with Gasteiger partial charge in [-0.1, -0.05) is 6.92 Å². The summed E-state index contributed by atoms with van der Waals surface area (Å²) >= 11 is 0. The number of aromatic nitrogens is 1. The van der Waals surface area contributed by atoms with Gasteiger partial charge in [-0.15, -0.1) is 0 Å². The normalized spacial score (nSPS) is 16.0. The third-order valence-electron chi connectivity index (χ3n) is 4.04. The molecular formula is C16H24N2O3. The summed E-state index contributed by atoms with van der Waals surface area (Å²) in [6, 6.07) is 3.41. The number of carbonyl (C=O) groups excluding carboxylic acids is 1. The number of rotatable bonds is 4. The summed E-state index contributed by atoms with van der Waals surface area (Å²) in [6.45, 7) is 5.40. The van der Waals surface area contributed by atoms with E-state index < -0.39 is 0 Å². The lowest BCUT2D eigenvalue weighted by Gasteiger charge is -2.32. The summed E-state index contributed by atoms with van der Waals surface area (Å²) in [5.41, 5.74) is 0.827. The van der Waals surface area contributed by atoms with Crippen LogP contribution in [0.15, 0.2) is 16.9 Å². The van der Waals surface area contributed by atoms with E-state index in [1.165, 1.54) is 6.07 Å². The predicted octanol–water partition coefficient (Wildman–Crippen LogP) is 1.86. The predicted molar refractivity (Wildman–Crippen MR) is 81.6 cm³/mol. The van der Waals surface area contributed by atoms with E-state index in [0.29, 0.717) is 12.2 Å². The maximum Gasteiger partial charge on any atom is 0.254 e. The molecule has 1 amide bonds. The highest BCUT2D eigenvalue weighted by Crippen LogP contribution is 2.19. The van der Waals surface area contributed by atoms with Crippen molar-refractivity contribution < 1.29 is 9.53 Å². The van der Waals surface area contributed by atoms with Crippen LogP contribution in [0.5, 0.6) is 5.75 Å². The third kappa shape index (κ3) is 3.86. The average Bonchev–Trinajstić information content (AvgIpc) is 2.45. The number of likely N-dealkylation sites (tertiary alicyclic amines) is 1. The maximum absolute atomic E-state index is 11.8. The molecule has 0 N–H and O–H groups in total. The monoisotopic (exact) mass is 292 g/mol. The quantitative estimate of drug-likeness (QED) is 0.851. The van der Waals surface area contributed by atoms with Crippen molar-refractivity contribution in [2.45, 2.75) is 45.6 Å². The van der Waals surface area contributed by atoms with Crippen LogP contribution < -0.4 is 10.3 Å². The van der Waals surface area contributed by atoms with Crippen molar-refractivity contribution in [1.29, 1.82) is 0 Å². The summed E-state index contributed by atoms with van der Waals surface area (Å²) in [7, 11) is 1.75. The first-order valence-corrected chi connectivity index (χ1v) is 7.63. The fraction of sp³-hybridized carbons (Fsp3) is 0.625. The van der Waals surface area contributed by atoms with E-state index in [-0.39, 0.29) is 17.6 Å². The van der Waals surface area contributed by atoms with Gasteiger partial charge < -0.3 is 14.2 Å². The molecule has 1 aliphatic rings. The zero-order chi connectivity index (χ0) is 15.4. The molecule has 1 aromatic rings. The van der Waals surface area contributed by atoms with Crippen molar-refractivity contribution in [2.24, 2.45) is 7.05 Å². The van der Waals surface area contributed by atoms with Crippen molar-refractivity contribution in [3.05, 3.63) is 28.2 Å². The number of carbonyl (C=O) groups is 1. The van der Waals surface area contributed by atoms with Gasteiger partial charge >= 0.3 is 0 Å². The van der Waals surface area contributed by atoms with Gasteiger partial charge in [0.25, 0.3) is 5.56 Å². The van der Waals surface area contributed by atoms with Crippen LogP contribution in [0, 0.1) is 6.92 Å². The molecule has 1 aromatic heterocycles. The molecule has 0 aliphatic carbocycles. The largest absolute Gasteiger partial charge is 0.490 e. The molecule has 0 unspecified atom stereocenters. The Morgan fingerprint density at radius 3 is 2.57 bits per heavy atom. The molecule has 1 fully saturated rings. The number of ether oxygens (including phenoxy) is 1. The van der Waals surface area contributed by atoms with E-state index in [1.54, 1.807) is 11.6 Å². The highest BCUT2D eigenvalue weighted by molar-refractivity contribution is 5.76. The lowest BCUT2D eigenvalue weighted by Crippen LogP contribution is -2.41. The molecule has 5 heteroatoms. The summed E-state index contributed by atoms with van der Waals surface area (Å²) in [4.78, 5) is 25.5. The third-order valence-corrected chi connectivity index (χ3v) is 4.04. The number of hydrogen-bond acceptors (Lipinski definition) is 3. The van der Waals surface area contributed by atoms with Crippen molar-refractivity contribution >= 4 is 5.91 Å². The zero-order valence-corrected chi connectivity index (χ0v) is 13.1. The van der Waals surface area contributed by atoms with Gasteiger partial charge in [0.15, 0.2) is 0 Å². The van der Waals surface area contributed by atoms with Gasteiger partial charge in [-0.3, -0.25) is 9.59 Å². The lowest BCUT2D eigenvalue weighted by atomic mass is 10.1. The number of hydrogen-bond donors (Lipinski definition) is 0. The first-order valence-electron chi connectivity index (χ1n) is 7.63. The summed E-state index contributed by atoms with van der Waals surface area (Å²) in [6.07, 6.45) is 3.25.